The fourth-order valence-electron chi connectivity index (χ4n) is 5.30. The molecule has 3 aromatic carbocycles. The van der Waals surface area contributed by atoms with E-state index in [1.807, 2.05) is 60.7 Å². The predicted octanol–water partition coefficient (Wildman–Crippen LogP) is 7.71. The van der Waals surface area contributed by atoms with Gasteiger partial charge in [-0.05, 0) is 53.9 Å². The van der Waals surface area contributed by atoms with Crippen molar-refractivity contribution in [2.45, 2.75) is 48.8 Å². The van der Waals surface area contributed by atoms with Crippen LogP contribution in [0, 0.1) is 0 Å². The average Bonchev–Trinajstić information content (AvgIpc) is 3.64. The van der Waals surface area contributed by atoms with Crippen LogP contribution in [0.2, 0.25) is 30.0 Å². The lowest BCUT2D eigenvalue weighted by Gasteiger charge is -2.26. The zero-order valence-electron chi connectivity index (χ0n) is 26.9. The summed E-state index contributed by atoms with van der Waals surface area (Å²) in [5.41, 5.74) is 1.40. The summed E-state index contributed by atoms with van der Waals surface area (Å²) in [5, 5.41) is 15.8. The largest absolute Gasteiger partial charge is 0.496 e. The molecule has 2 heterocycles. The van der Waals surface area contributed by atoms with Crippen LogP contribution in [-0.4, -0.2) is 57.8 Å². The maximum Gasteiger partial charge on any atom is 0.318 e. The number of thiophene rings is 1. The third kappa shape index (κ3) is 7.26. The van der Waals surface area contributed by atoms with Crippen molar-refractivity contribution in [1.29, 1.82) is 0 Å². The lowest BCUT2D eigenvalue weighted by molar-refractivity contribution is -0.141. The number of ether oxygens (including phenoxy) is 2. The zero-order valence-corrected chi connectivity index (χ0v) is 30.3. The molecular formula is C34H38ClN3O6S2Si. The second-order valence-electron chi connectivity index (χ2n) is 12.6. The van der Waals surface area contributed by atoms with E-state index in [1.54, 1.807) is 29.8 Å². The molecule has 1 unspecified atom stereocenters. The molecule has 5 rings (SSSR count). The van der Waals surface area contributed by atoms with Gasteiger partial charge in [0.1, 0.15) is 22.1 Å². The van der Waals surface area contributed by atoms with E-state index < -0.39 is 29.5 Å². The number of carboxylic acid groups (broad SMARTS) is 1. The Morgan fingerprint density at radius 1 is 1.02 bits per heavy atom. The summed E-state index contributed by atoms with van der Waals surface area (Å²) in [4.78, 5) is 12.7. The van der Waals surface area contributed by atoms with Crippen molar-refractivity contribution in [3.63, 3.8) is 0 Å². The van der Waals surface area contributed by atoms with Crippen molar-refractivity contribution >= 4 is 63.7 Å². The Morgan fingerprint density at radius 2 is 1.72 bits per heavy atom. The molecular weight excluding hydrogens is 674 g/mol. The normalized spacial score (nSPS) is 13.4. The number of carboxylic acids is 1. The van der Waals surface area contributed by atoms with Gasteiger partial charge < -0.3 is 14.6 Å². The summed E-state index contributed by atoms with van der Waals surface area (Å²) >= 11 is 7.13. The van der Waals surface area contributed by atoms with E-state index in [9.17, 15) is 18.3 Å². The SMILES string of the molecule is COc1cccc2c1c(N(COCC[Si](C)(C)C)S(=O)(=O)c1ccc(Cl)s1)nn2Cc1cccc(C(C)(C(=O)O)c2ccccc2)c1. The lowest BCUT2D eigenvalue weighted by atomic mass is 9.76. The molecule has 0 spiro atoms. The minimum atomic E-state index is -4.13. The van der Waals surface area contributed by atoms with Crippen LogP contribution in [0.25, 0.3) is 10.9 Å². The van der Waals surface area contributed by atoms with E-state index in [4.69, 9.17) is 26.2 Å². The van der Waals surface area contributed by atoms with Crippen molar-refractivity contribution < 1.29 is 27.8 Å². The molecule has 0 saturated carbocycles. The molecule has 0 aliphatic rings. The third-order valence-electron chi connectivity index (χ3n) is 8.09. The standard InChI is InChI=1S/C34H38ClN3O6S2Si/c1-34(33(39)40,25-12-7-6-8-13-25)26-14-9-11-24(21-26)22-37-27-15-10-16-28(43-2)31(27)32(36-37)38(23-44-19-20-47(3,4)5)46(41,42)30-18-17-29(35)45-30/h6-18,21H,19-20,22-23H2,1-5H3,(H,39,40). The smallest absolute Gasteiger partial charge is 0.318 e. The highest BCUT2D eigenvalue weighted by Gasteiger charge is 2.37. The van der Waals surface area contributed by atoms with E-state index in [0.717, 1.165) is 22.9 Å². The van der Waals surface area contributed by atoms with Crippen LogP contribution in [-0.2, 0) is 31.5 Å². The number of fused-ring (bicyclic) bond motifs is 1. The number of benzene rings is 3. The van der Waals surface area contributed by atoms with Crippen molar-refractivity contribution in [3.05, 3.63) is 106 Å². The Balaban J connectivity index is 1.61. The second-order valence-corrected chi connectivity index (χ2v) is 22.0. The number of hydrogen-bond acceptors (Lipinski definition) is 7. The lowest BCUT2D eigenvalue weighted by Crippen LogP contribution is -2.34. The van der Waals surface area contributed by atoms with Gasteiger partial charge in [0, 0.05) is 14.7 Å². The first-order valence-corrected chi connectivity index (χ1v) is 21.4. The molecule has 5 aromatic rings. The number of halogens is 1. The monoisotopic (exact) mass is 711 g/mol. The molecule has 0 aliphatic heterocycles. The Labute approximate surface area is 285 Å². The molecule has 0 saturated heterocycles. The molecule has 0 fully saturated rings. The van der Waals surface area contributed by atoms with E-state index in [1.165, 1.54) is 17.5 Å². The van der Waals surface area contributed by atoms with Crippen LogP contribution >= 0.6 is 22.9 Å². The number of aliphatic carboxylic acids is 1. The topological polar surface area (TPSA) is 111 Å². The van der Waals surface area contributed by atoms with Gasteiger partial charge in [0.15, 0.2) is 5.82 Å². The number of methoxy groups -OCH3 is 1. The number of hydrogen-bond donors (Lipinski definition) is 1. The first kappa shape index (κ1) is 34.6. The minimum absolute atomic E-state index is 0.0652. The highest BCUT2D eigenvalue weighted by Crippen LogP contribution is 2.39. The summed E-state index contributed by atoms with van der Waals surface area (Å²) in [6, 6.07) is 25.8. The molecule has 1 atom stereocenters. The molecule has 9 nitrogen and oxygen atoms in total. The molecule has 248 valence electrons. The number of sulfonamides is 1. The van der Waals surface area contributed by atoms with Gasteiger partial charge in [0.25, 0.3) is 10.0 Å². The van der Waals surface area contributed by atoms with Crippen LogP contribution < -0.4 is 9.04 Å². The van der Waals surface area contributed by atoms with Gasteiger partial charge in [0.2, 0.25) is 0 Å². The molecule has 47 heavy (non-hydrogen) atoms. The average molecular weight is 712 g/mol. The highest BCUT2D eigenvalue weighted by atomic mass is 35.5. The Bertz CT molecular complexity index is 1990. The first-order chi connectivity index (χ1) is 22.3. The van der Waals surface area contributed by atoms with E-state index in [0.29, 0.717) is 38.7 Å². The van der Waals surface area contributed by atoms with E-state index >= 15 is 0 Å². The van der Waals surface area contributed by atoms with Crippen LogP contribution in [0.15, 0.2) is 89.1 Å². The minimum Gasteiger partial charge on any atom is -0.496 e. The first-order valence-electron chi connectivity index (χ1n) is 15.0. The molecule has 13 heteroatoms. The quantitative estimate of drug-likeness (QED) is 0.0714. The number of anilines is 1. The van der Waals surface area contributed by atoms with Gasteiger partial charge in [-0.1, -0.05) is 91.9 Å². The zero-order chi connectivity index (χ0) is 34.0. The number of nitrogens with zero attached hydrogens (tertiary/aromatic N) is 3. The molecule has 0 amide bonds. The van der Waals surface area contributed by atoms with Crippen LogP contribution in [0.1, 0.15) is 23.6 Å². The maximum atomic E-state index is 14.2. The van der Waals surface area contributed by atoms with Crippen molar-refractivity contribution in [2.75, 3.05) is 24.8 Å². The number of aromatic nitrogens is 2. The summed E-state index contributed by atoms with van der Waals surface area (Å²) in [7, 11) is -4.05. The highest BCUT2D eigenvalue weighted by molar-refractivity contribution is 7.94. The molecule has 2 aromatic heterocycles. The van der Waals surface area contributed by atoms with Crippen LogP contribution in [0.4, 0.5) is 5.82 Å². The number of carbonyl (C=O) groups is 1. The summed E-state index contributed by atoms with van der Waals surface area (Å²) in [6.07, 6.45) is 0. The predicted molar refractivity (Wildman–Crippen MR) is 190 cm³/mol. The summed E-state index contributed by atoms with van der Waals surface area (Å²) in [6.45, 7) is 8.76. The summed E-state index contributed by atoms with van der Waals surface area (Å²) < 4.78 is 43.4. The van der Waals surface area contributed by atoms with Crippen molar-refractivity contribution in [3.8, 4) is 5.75 Å². The van der Waals surface area contributed by atoms with Crippen molar-refractivity contribution in [1.82, 2.24) is 9.78 Å². The van der Waals surface area contributed by atoms with E-state index in [-0.39, 0.29) is 23.3 Å². The molecule has 0 bridgehead atoms. The molecule has 0 radical (unpaired) electrons. The van der Waals surface area contributed by atoms with Gasteiger partial charge in [0.05, 0.1) is 28.9 Å². The van der Waals surface area contributed by atoms with Gasteiger partial charge in [-0.25, -0.2) is 12.7 Å². The van der Waals surface area contributed by atoms with Crippen LogP contribution in [0.5, 0.6) is 5.75 Å². The number of rotatable bonds is 14. The van der Waals surface area contributed by atoms with E-state index in [2.05, 4.69) is 19.6 Å². The Kier molecular flexibility index (Phi) is 10.2. The summed E-state index contributed by atoms with van der Waals surface area (Å²) in [5.74, 6) is -0.363. The third-order valence-corrected chi connectivity index (χ3v) is 13.2. The van der Waals surface area contributed by atoms with Gasteiger partial charge >= 0.3 is 5.97 Å². The molecule has 0 aliphatic carbocycles. The van der Waals surface area contributed by atoms with Gasteiger partial charge in [-0.3, -0.25) is 9.48 Å². The van der Waals surface area contributed by atoms with Crippen molar-refractivity contribution in [2.24, 2.45) is 0 Å². The fourth-order valence-corrected chi connectivity index (χ4v) is 8.95. The Hall–Kier alpha value is -3.68. The van der Waals surface area contributed by atoms with Gasteiger partial charge in [-0.2, -0.15) is 5.10 Å². The second kappa shape index (κ2) is 13.8. The van der Waals surface area contributed by atoms with Gasteiger partial charge in [-0.15, -0.1) is 11.3 Å². The van der Waals surface area contributed by atoms with Crippen LogP contribution in [0.3, 0.4) is 0 Å². The Morgan fingerprint density at radius 3 is 2.36 bits per heavy atom. The maximum absolute atomic E-state index is 14.2. The molecule has 1 N–H and O–H groups in total. The fraction of sp³-hybridized carbons (Fsp3) is 0.294.